The van der Waals surface area contributed by atoms with Gasteiger partial charge in [0.2, 0.25) is 0 Å². The lowest BCUT2D eigenvalue weighted by atomic mass is 10.1. The van der Waals surface area contributed by atoms with E-state index in [1.165, 1.54) is 26.3 Å². The quantitative estimate of drug-likeness (QED) is 0.463. The topological polar surface area (TPSA) is 166 Å². The molecule has 1 aliphatic rings. The number of rotatable bonds is 5. The summed E-state index contributed by atoms with van der Waals surface area (Å²) < 4.78 is 27.6. The molecule has 12 heteroatoms. The Morgan fingerprint density at radius 3 is 2.61 bits per heavy atom. The van der Waals surface area contributed by atoms with Crippen LogP contribution >= 0.6 is 7.82 Å². The van der Waals surface area contributed by atoms with E-state index in [9.17, 15) is 14.5 Å². The number of nitrogens with two attached hydrogens (primary N) is 1. The lowest BCUT2D eigenvalue weighted by molar-refractivity contribution is -0.0822. The van der Waals surface area contributed by atoms with Crippen molar-refractivity contribution in [2.45, 2.75) is 37.6 Å². The number of methoxy groups -OCH3 is 1. The first kappa shape index (κ1) is 18.0. The summed E-state index contributed by atoms with van der Waals surface area (Å²) in [5.41, 5.74) is 4.68. The molecule has 0 amide bonds. The molecular weight excluding hydrogens is 333 g/mol. The summed E-state index contributed by atoms with van der Waals surface area (Å²) in [7, 11) is -3.61. The van der Waals surface area contributed by atoms with Crippen molar-refractivity contribution in [2.75, 3.05) is 12.8 Å². The Balaban J connectivity index is 2.41. The Kier molecular flexibility index (Phi) is 5.21. The Hall–Kier alpha value is -1.33. The molecule has 1 saturated heterocycles. The summed E-state index contributed by atoms with van der Waals surface area (Å²) in [5.74, 6) is 0.00769. The van der Waals surface area contributed by atoms with E-state index in [4.69, 9.17) is 25.0 Å². The maximum absolute atomic E-state index is 11.9. The van der Waals surface area contributed by atoms with E-state index in [1.807, 2.05) is 0 Å². The molecular formula is C11H18N3O8P. The number of aliphatic hydroxyl groups excluding tert-OH is 1. The Bertz CT molecular complexity index is 659. The predicted molar refractivity (Wildman–Crippen MR) is 76.2 cm³/mol. The van der Waals surface area contributed by atoms with E-state index in [2.05, 4.69) is 9.51 Å². The molecule has 1 aromatic heterocycles. The number of anilines is 1. The molecule has 0 radical (unpaired) electrons. The van der Waals surface area contributed by atoms with E-state index in [0.29, 0.717) is 0 Å². The Morgan fingerprint density at radius 1 is 1.48 bits per heavy atom. The molecule has 1 aliphatic heterocycles. The van der Waals surface area contributed by atoms with Gasteiger partial charge >= 0.3 is 13.5 Å². The van der Waals surface area contributed by atoms with Gasteiger partial charge in [-0.1, -0.05) is 0 Å². The SMILES string of the molecule is CO[C@@H]1[C@H](OP(=O)(O)O)[C@@H]([C@@H](C)O)O[C@H]1n1ccc(N)nc1=O. The van der Waals surface area contributed by atoms with Gasteiger partial charge in [-0.3, -0.25) is 9.09 Å². The summed E-state index contributed by atoms with van der Waals surface area (Å²) in [5, 5.41) is 9.77. The van der Waals surface area contributed by atoms with Crippen LogP contribution in [0.2, 0.25) is 0 Å². The van der Waals surface area contributed by atoms with Crippen molar-refractivity contribution in [3.8, 4) is 0 Å². The first-order valence-corrected chi connectivity index (χ1v) is 8.12. The molecule has 23 heavy (non-hydrogen) atoms. The summed E-state index contributed by atoms with van der Waals surface area (Å²) in [6.45, 7) is 1.36. The third-order valence-corrected chi connectivity index (χ3v) is 3.88. The van der Waals surface area contributed by atoms with Gasteiger partial charge in [0.25, 0.3) is 0 Å². The summed E-state index contributed by atoms with van der Waals surface area (Å²) >= 11 is 0. The number of ether oxygens (including phenoxy) is 2. The zero-order chi connectivity index (χ0) is 17.4. The second kappa shape index (κ2) is 6.65. The number of aromatic nitrogens is 2. The summed E-state index contributed by atoms with van der Waals surface area (Å²) in [4.78, 5) is 33.6. The van der Waals surface area contributed by atoms with E-state index in [0.717, 1.165) is 4.57 Å². The van der Waals surface area contributed by atoms with Crippen LogP contribution in [0.4, 0.5) is 5.82 Å². The van der Waals surface area contributed by atoms with Crippen LogP contribution in [-0.2, 0) is 18.6 Å². The molecule has 11 nitrogen and oxygen atoms in total. The number of nitrogen functional groups attached to an aromatic ring is 1. The Labute approximate surface area is 130 Å². The van der Waals surface area contributed by atoms with E-state index in [1.54, 1.807) is 0 Å². The number of aliphatic hydroxyl groups is 1. The lowest BCUT2D eigenvalue weighted by Gasteiger charge is -2.24. The standard InChI is InChI=1S/C11H18N3O8P/c1-5(15)7-8(22-23(17,18)19)9(20-2)10(21-7)14-4-3-6(12)13-11(14)16/h3-5,7-10,15H,1-2H3,(H2,12,13,16)(H2,17,18,19)/t5-,7-,8-,9-,10-/m1/s1. The molecule has 0 unspecified atom stereocenters. The predicted octanol–water partition coefficient (Wildman–Crippen LogP) is -1.40. The van der Waals surface area contributed by atoms with Crippen molar-refractivity contribution in [2.24, 2.45) is 0 Å². The molecule has 2 heterocycles. The van der Waals surface area contributed by atoms with Gasteiger partial charge in [-0.15, -0.1) is 0 Å². The number of phosphoric ester groups is 1. The van der Waals surface area contributed by atoms with Crippen LogP contribution in [0.3, 0.4) is 0 Å². The van der Waals surface area contributed by atoms with Crippen LogP contribution in [0.1, 0.15) is 13.2 Å². The molecule has 130 valence electrons. The minimum Gasteiger partial charge on any atom is -0.391 e. The highest BCUT2D eigenvalue weighted by molar-refractivity contribution is 7.46. The van der Waals surface area contributed by atoms with Gasteiger partial charge in [0.05, 0.1) is 6.10 Å². The highest BCUT2D eigenvalue weighted by atomic mass is 31.2. The first-order valence-electron chi connectivity index (χ1n) is 6.59. The number of hydrogen-bond donors (Lipinski definition) is 4. The molecule has 0 saturated carbocycles. The molecule has 1 fully saturated rings. The zero-order valence-electron chi connectivity index (χ0n) is 12.3. The van der Waals surface area contributed by atoms with Crippen LogP contribution < -0.4 is 11.4 Å². The van der Waals surface area contributed by atoms with Gasteiger partial charge in [0.15, 0.2) is 6.23 Å². The van der Waals surface area contributed by atoms with Gasteiger partial charge in [0, 0.05) is 13.3 Å². The second-order valence-corrected chi connectivity index (χ2v) is 6.23. The smallest absolute Gasteiger partial charge is 0.391 e. The van der Waals surface area contributed by atoms with Crippen molar-refractivity contribution in [1.29, 1.82) is 0 Å². The fraction of sp³-hybridized carbons (Fsp3) is 0.636. The van der Waals surface area contributed by atoms with Crippen LogP contribution in [0.25, 0.3) is 0 Å². The molecule has 2 rings (SSSR count). The van der Waals surface area contributed by atoms with Gasteiger partial charge in [0.1, 0.15) is 24.1 Å². The van der Waals surface area contributed by atoms with E-state index < -0.39 is 44.2 Å². The molecule has 1 aromatic rings. The fourth-order valence-electron chi connectivity index (χ4n) is 2.43. The van der Waals surface area contributed by atoms with Crippen LogP contribution in [0.5, 0.6) is 0 Å². The zero-order valence-corrected chi connectivity index (χ0v) is 13.2. The van der Waals surface area contributed by atoms with E-state index in [-0.39, 0.29) is 5.82 Å². The second-order valence-electron chi connectivity index (χ2n) is 5.04. The van der Waals surface area contributed by atoms with Crippen LogP contribution in [0, 0.1) is 0 Å². The molecule has 5 atom stereocenters. The van der Waals surface area contributed by atoms with Gasteiger partial charge in [-0.05, 0) is 13.0 Å². The third kappa shape index (κ3) is 3.96. The minimum atomic E-state index is -4.87. The number of phosphoric acid groups is 1. The van der Waals surface area contributed by atoms with Crippen molar-refractivity contribution >= 4 is 13.6 Å². The fourth-order valence-corrected chi connectivity index (χ4v) is 2.98. The summed E-state index contributed by atoms with van der Waals surface area (Å²) in [6, 6.07) is 1.35. The first-order chi connectivity index (χ1) is 10.6. The number of hydrogen-bond acceptors (Lipinski definition) is 8. The van der Waals surface area contributed by atoms with Gasteiger partial charge in [-0.25, -0.2) is 9.36 Å². The molecule has 5 N–H and O–H groups in total. The average molecular weight is 351 g/mol. The van der Waals surface area contributed by atoms with Gasteiger partial charge in [-0.2, -0.15) is 4.98 Å². The van der Waals surface area contributed by atoms with Gasteiger partial charge < -0.3 is 30.1 Å². The number of nitrogens with zero attached hydrogens (tertiary/aromatic N) is 2. The lowest BCUT2D eigenvalue weighted by Crippen LogP contribution is -2.40. The molecule has 0 spiro atoms. The monoisotopic (exact) mass is 351 g/mol. The minimum absolute atomic E-state index is 0.00769. The Morgan fingerprint density at radius 2 is 2.13 bits per heavy atom. The van der Waals surface area contributed by atoms with Crippen molar-refractivity contribution in [3.05, 3.63) is 22.7 Å². The largest absolute Gasteiger partial charge is 0.470 e. The molecule has 0 aromatic carbocycles. The van der Waals surface area contributed by atoms with Crippen LogP contribution in [-0.4, -0.2) is 56.0 Å². The average Bonchev–Trinajstić information content (AvgIpc) is 2.75. The maximum Gasteiger partial charge on any atom is 0.470 e. The van der Waals surface area contributed by atoms with Crippen molar-refractivity contribution in [3.63, 3.8) is 0 Å². The maximum atomic E-state index is 11.9. The molecule has 0 bridgehead atoms. The van der Waals surface area contributed by atoms with Crippen LogP contribution in [0.15, 0.2) is 17.1 Å². The summed E-state index contributed by atoms with van der Waals surface area (Å²) in [6.07, 6.45) is -4.41. The third-order valence-electron chi connectivity index (χ3n) is 3.36. The van der Waals surface area contributed by atoms with Crippen molar-refractivity contribution in [1.82, 2.24) is 9.55 Å². The normalized spacial score (nSPS) is 29.6. The molecule has 0 aliphatic carbocycles. The highest BCUT2D eigenvalue weighted by Gasteiger charge is 2.51. The van der Waals surface area contributed by atoms with E-state index >= 15 is 0 Å². The highest BCUT2D eigenvalue weighted by Crippen LogP contribution is 2.45. The van der Waals surface area contributed by atoms with Crippen molar-refractivity contribution < 1.29 is 33.5 Å².